The van der Waals surface area contributed by atoms with Crippen LogP contribution in [0.2, 0.25) is 0 Å². The van der Waals surface area contributed by atoms with Crippen molar-refractivity contribution in [2.75, 3.05) is 0 Å². The molecule has 0 aromatic carbocycles. The summed E-state index contributed by atoms with van der Waals surface area (Å²) in [6.07, 6.45) is 6.08. The molecule has 0 saturated heterocycles. The Balaban J connectivity index is 3.04. The first-order valence-corrected chi connectivity index (χ1v) is 4.14. The number of rotatable bonds is 0. The van der Waals surface area contributed by atoms with Gasteiger partial charge in [-0.15, -0.1) is 6.42 Å². The van der Waals surface area contributed by atoms with E-state index in [-0.39, 0.29) is 0 Å². The summed E-state index contributed by atoms with van der Waals surface area (Å²) in [7, 11) is -3.42. The highest BCUT2D eigenvalue weighted by molar-refractivity contribution is 7.87. The minimum Gasteiger partial charge on any atom is -0.389 e. The maximum Gasteiger partial charge on any atom is 0.316 e. The molecule has 1 rings (SSSR count). The molecule has 0 fully saturated rings. The molecule has 0 bridgehead atoms. The molecule has 1 atom stereocenters. The third kappa shape index (κ3) is 0.888. The van der Waals surface area contributed by atoms with Gasteiger partial charge in [0.15, 0.2) is 0 Å². The van der Waals surface area contributed by atoms with Gasteiger partial charge in [-0.25, -0.2) is 0 Å². The lowest BCUT2D eigenvalue weighted by molar-refractivity contribution is 0.453. The summed E-state index contributed by atoms with van der Waals surface area (Å²) in [5.41, 5.74) is 0.375. The second kappa shape index (κ2) is 2.03. The van der Waals surface area contributed by atoms with Crippen molar-refractivity contribution in [2.45, 2.75) is 12.2 Å². The van der Waals surface area contributed by atoms with E-state index >= 15 is 0 Å². The van der Waals surface area contributed by atoms with Crippen LogP contribution in [-0.2, 0) is 14.3 Å². The summed E-state index contributed by atoms with van der Waals surface area (Å²) >= 11 is 0. The normalized spacial score (nSPS) is 28.4. The monoisotopic (exact) mass is 158 g/mol. The van der Waals surface area contributed by atoms with E-state index in [9.17, 15) is 8.42 Å². The molecule has 1 unspecified atom stereocenters. The topological polar surface area (TPSA) is 43.4 Å². The maximum absolute atomic E-state index is 10.8. The van der Waals surface area contributed by atoms with Crippen molar-refractivity contribution in [1.29, 1.82) is 0 Å². The third-order valence-corrected chi connectivity index (χ3v) is 2.83. The minimum absolute atomic E-state index is 0.375. The van der Waals surface area contributed by atoms with Gasteiger partial charge in [0, 0.05) is 0 Å². The Hall–Kier alpha value is -0.950. The molecule has 54 valence electrons. The van der Waals surface area contributed by atoms with Crippen LogP contribution < -0.4 is 0 Å². The Kier molecular flexibility index (Phi) is 1.45. The van der Waals surface area contributed by atoms with Crippen molar-refractivity contribution in [3.63, 3.8) is 0 Å². The van der Waals surface area contributed by atoms with Crippen LogP contribution in [0.25, 0.3) is 0 Å². The fraction of sp³-hybridized carbons (Fsp3) is 0.333. The largest absolute Gasteiger partial charge is 0.389 e. The van der Waals surface area contributed by atoms with Gasteiger partial charge in [-0.2, -0.15) is 8.42 Å². The van der Waals surface area contributed by atoms with Crippen LogP contribution in [-0.4, -0.2) is 13.7 Å². The van der Waals surface area contributed by atoms with E-state index in [2.05, 4.69) is 10.1 Å². The lowest BCUT2D eigenvalue weighted by Gasteiger charge is -1.98. The molecule has 0 N–H and O–H groups in total. The van der Waals surface area contributed by atoms with Crippen molar-refractivity contribution in [3.05, 3.63) is 11.8 Å². The molecule has 1 aliphatic heterocycles. The number of hydrogen-bond acceptors (Lipinski definition) is 3. The zero-order valence-electron chi connectivity index (χ0n) is 5.37. The van der Waals surface area contributed by atoms with Crippen LogP contribution in [0.1, 0.15) is 6.92 Å². The van der Waals surface area contributed by atoms with Gasteiger partial charge in [0.25, 0.3) is 0 Å². The highest BCUT2D eigenvalue weighted by Gasteiger charge is 2.30. The Labute approximate surface area is 59.8 Å². The molecule has 3 nitrogen and oxygen atoms in total. The van der Waals surface area contributed by atoms with Gasteiger partial charge in [0.2, 0.25) is 0 Å². The van der Waals surface area contributed by atoms with Crippen molar-refractivity contribution in [1.82, 2.24) is 0 Å². The van der Waals surface area contributed by atoms with Gasteiger partial charge in [-0.05, 0) is 6.92 Å². The van der Waals surface area contributed by atoms with Crippen LogP contribution in [0.15, 0.2) is 11.8 Å². The smallest absolute Gasteiger partial charge is 0.316 e. The average molecular weight is 158 g/mol. The van der Waals surface area contributed by atoms with Gasteiger partial charge >= 0.3 is 10.1 Å². The highest BCUT2D eigenvalue weighted by Crippen LogP contribution is 2.20. The second-order valence-electron chi connectivity index (χ2n) is 1.95. The molecular weight excluding hydrogens is 152 g/mol. The zero-order chi connectivity index (χ0) is 7.78. The Morgan fingerprint density at radius 2 is 2.40 bits per heavy atom. The predicted octanol–water partition coefficient (Wildman–Crippen LogP) is 0.252. The van der Waals surface area contributed by atoms with Crippen molar-refractivity contribution in [3.8, 4) is 12.3 Å². The van der Waals surface area contributed by atoms with Gasteiger partial charge in [0.05, 0.1) is 5.57 Å². The molecule has 1 heterocycles. The summed E-state index contributed by atoms with van der Waals surface area (Å²) in [6, 6.07) is 0. The molecule has 10 heavy (non-hydrogen) atoms. The number of hydrogen-bond donors (Lipinski definition) is 0. The Morgan fingerprint density at radius 1 is 1.80 bits per heavy atom. The first-order chi connectivity index (χ1) is 4.58. The number of terminal acetylenes is 1. The fourth-order valence-corrected chi connectivity index (χ4v) is 1.44. The average Bonchev–Trinajstić information content (AvgIpc) is 2.10. The van der Waals surface area contributed by atoms with E-state index in [0.29, 0.717) is 5.57 Å². The van der Waals surface area contributed by atoms with E-state index < -0.39 is 15.4 Å². The van der Waals surface area contributed by atoms with E-state index in [4.69, 9.17) is 6.42 Å². The SMILES string of the molecule is C#CC1=COS(=O)(=O)C1C. The Bertz CT molecular complexity index is 304. The summed E-state index contributed by atoms with van der Waals surface area (Å²) in [4.78, 5) is 0. The van der Waals surface area contributed by atoms with E-state index in [1.807, 2.05) is 0 Å². The minimum atomic E-state index is -3.42. The zero-order valence-corrected chi connectivity index (χ0v) is 6.18. The predicted molar refractivity (Wildman–Crippen MR) is 36.4 cm³/mol. The van der Waals surface area contributed by atoms with Crippen LogP contribution in [0.4, 0.5) is 0 Å². The molecular formula is C6H6O3S. The van der Waals surface area contributed by atoms with E-state index in [1.165, 1.54) is 6.92 Å². The van der Waals surface area contributed by atoms with Crippen molar-refractivity contribution >= 4 is 10.1 Å². The van der Waals surface area contributed by atoms with E-state index in [0.717, 1.165) is 6.26 Å². The molecule has 0 saturated carbocycles. The summed E-state index contributed by atoms with van der Waals surface area (Å²) in [5, 5.41) is -0.683. The van der Waals surface area contributed by atoms with Crippen LogP contribution >= 0.6 is 0 Å². The van der Waals surface area contributed by atoms with Crippen LogP contribution in [0.3, 0.4) is 0 Å². The molecule has 0 aromatic heterocycles. The van der Waals surface area contributed by atoms with Crippen molar-refractivity contribution < 1.29 is 12.6 Å². The molecule has 0 amide bonds. The molecule has 0 radical (unpaired) electrons. The van der Waals surface area contributed by atoms with Crippen LogP contribution in [0, 0.1) is 12.3 Å². The quantitative estimate of drug-likeness (QED) is 0.375. The highest BCUT2D eigenvalue weighted by atomic mass is 32.2. The first kappa shape index (κ1) is 7.16. The summed E-state index contributed by atoms with van der Waals surface area (Å²) < 4.78 is 25.8. The molecule has 0 aliphatic carbocycles. The van der Waals surface area contributed by atoms with Gasteiger partial charge in [0.1, 0.15) is 11.5 Å². The standard InChI is InChI=1S/C6H6O3S/c1-3-6-4-9-10(7,8)5(6)2/h1,4-5H,2H3. The lowest BCUT2D eigenvalue weighted by atomic mass is 10.2. The molecule has 0 aromatic rings. The van der Waals surface area contributed by atoms with Crippen LogP contribution in [0.5, 0.6) is 0 Å². The van der Waals surface area contributed by atoms with Gasteiger partial charge in [-0.1, -0.05) is 5.92 Å². The second-order valence-corrected chi connectivity index (χ2v) is 3.83. The van der Waals surface area contributed by atoms with Crippen molar-refractivity contribution in [2.24, 2.45) is 0 Å². The maximum atomic E-state index is 10.8. The third-order valence-electron chi connectivity index (χ3n) is 1.35. The summed E-state index contributed by atoms with van der Waals surface area (Å²) in [6.45, 7) is 1.49. The fourth-order valence-electron chi connectivity index (χ4n) is 0.605. The lowest BCUT2D eigenvalue weighted by Crippen LogP contribution is -2.13. The van der Waals surface area contributed by atoms with Gasteiger partial charge in [-0.3, -0.25) is 0 Å². The molecule has 0 spiro atoms. The van der Waals surface area contributed by atoms with E-state index in [1.54, 1.807) is 0 Å². The summed E-state index contributed by atoms with van der Waals surface area (Å²) in [5.74, 6) is 2.23. The van der Waals surface area contributed by atoms with Gasteiger partial charge < -0.3 is 4.18 Å². The molecule has 4 heteroatoms. The first-order valence-electron chi connectivity index (χ1n) is 2.66. The molecule has 1 aliphatic rings. The Morgan fingerprint density at radius 3 is 2.60 bits per heavy atom.